The van der Waals surface area contributed by atoms with Gasteiger partial charge in [-0.05, 0) is 115 Å². The molecule has 2 aromatic carbocycles. The molecule has 5 atom stereocenters. The number of carbonyl (C=O) groups excluding carboxylic acids is 1. The lowest BCUT2D eigenvalue weighted by molar-refractivity contribution is -0.137. The van der Waals surface area contributed by atoms with Crippen LogP contribution >= 0.6 is 0 Å². The standard InChI is InChI=1S/C31H33F3O3/c1-29-17-16-24-23-12-10-22(37-3)18-20(23)7-11-25(24)26(29)13-14-27(29)30(2,36)28(35)15-6-19-4-8-21(9-5-19)31(32,33)34/h4-6,8-10,12,14-15,18,24-26,36H,7,11,13,16-17H2,1-3H3/b15-6+/t24-,25-,26+,29+,30+/m1/s1. The van der Waals surface area contributed by atoms with Crippen molar-refractivity contribution in [2.24, 2.45) is 17.3 Å². The Labute approximate surface area is 216 Å². The third kappa shape index (κ3) is 4.43. The number of benzene rings is 2. The molecule has 0 spiro atoms. The lowest BCUT2D eigenvalue weighted by Gasteiger charge is -2.51. The van der Waals surface area contributed by atoms with Gasteiger partial charge in [0.2, 0.25) is 0 Å². The molecule has 0 saturated heterocycles. The lowest BCUT2D eigenvalue weighted by atomic mass is 9.53. The number of carbonyl (C=O) groups is 1. The average molecular weight is 511 g/mol. The minimum absolute atomic E-state index is 0.271. The molecule has 1 N–H and O–H groups in total. The molecule has 6 heteroatoms. The van der Waals surface area contributed by atoms with Crippen molar-refractivity contribution in [3.05, 3.63) is 82.4 Å². The molecule has 0 radical (unpaired) electrons. The number of allylic oxidation sites excluding steroid dienone is 1. The van der Waals surface area contributed by atoms with E-state index >= 15 is 0 Å². The van der Waals surface area contributed by atoms with Crippen LogP contribution in [0.25, 0.3) is 6.08 Å². The first-order chi connectivity index (χ1) is 17.4. The number of ether oxygens (including phenoxy) is 1. The summed E-state index contributed by atoms with van der Waals surface area (Å²) < 4.78 is 43.9. The van der Waals surface area contributed by atoms with E-state index in [1.165, 1.54) is 35.4 Å². The predicted octanol–water partition coefficient (Wildman–Crippen LogP) is 7.14. The fourth-order valence-electron chi connectivity index (χ4n) is 7.26. The summed E-state index contributed by atoms with van der Waals surface area (Å²) in [6, 6.07) is 11.0. The molecule has 0 aliphatic heterocycles. The van der Waals surface area contributed by atoms with Crippen LogP contribution in [-0.4, -0.2) is 23.6 Å². The molecular weight excluding hydrogens is 477 g/mol. The van der Waals surface area contributed by atoms with Crippen molar-refractivity contribution in [2.75, 3.05) is 7.11 Å². The van der Waals surface area contributed by atoms with Gasteiger partial charge in [0.05, 0.1) is 12.7 Å². The van der Waals surface area contributed by atoms with E-state index in [0.717, 1.165) is 55.6 Å². The predicted molar refractivity (Wildman–Crippen MR) is 137 cm³/mol. The van der Waals surface area contributed by atoms with Gasteiger partial charge in [-0.3, -0.25) is 4.79 Å². The number of methoxy groups -OCH3 is 1. The topological polar surface area (TPSA) is 46.5 Å². The highest BCUT2D eigenvalue weighted by molar-refractivity contribution is 6.02. The fourth-order valence-corrected chi connectivity index (χ4v) is 7.26. The molecule has 3 aliphatic rings. The highest BCUT2D eigenvalue weighted by atomic mass is 19.4. The number of rotatable bonds is 5. The van der Waals surface area contributed by atoms with Crippen LogP contribution in [0.5, 0.6) is 5.75 Å². The minimum Gasteiger partial charge on any atom is -0.497 e. The van der Waals surface area contributed by atoms with Crippen molar-refractivity contribution >= 4 is 11.9 Å². The van der Waals surface area contributed by atoms with Crippen LogP contribution in [0.4, 0.5) is 13.2 Å². The first kappa shape index (κ1) is 25.8. The Bertz CT molecular complexity index is 1260. The van der Waals surface area contributed by atoms with Crippen LogP contribution in [0.2, 0.25) is 0 Å². The molecule has 2 aromatic rings. The maximum atomic E-state index is 13.2. The highest BCUT2D eigenvalue weighted by Crippen LogP contribution is 2.62. The van der Waals surface area contributed by atoms with E-state index in [-0.39, 0.29) is 5.41 Å². The summed E-state index contributed by atoms with van der Waals surface area (Å²) in [7, 11) is 1.69. The van der Waals surface area contributed by atoms with Crippen molar-refractivity contribution in [3.63, 3.8) is 0 Å². The van der Waals surface area contributed by atoms with E-state index in [1.807, 2.05) is 6.07 Å². The van der Waals surface area contributed by atoms with Crippen molar-refractivity contribution in [2.45, 2.75) is 63.6 Å². The molecule has 5 rings (SSSR count). The molecule has 1 saturated carbocycles. The number of hydrogen-bond donors (Lipinski definition) is 1. The van der Waals surface area contributed by atoms with E-state index in [9.17, 15) is 23.1 Å². The van der Waals surface area contributed by atoms with Gasteiger partial charge in [-0.25, -0.2) is 0 Å². The molecular formula is C31H33F3O3. The maximum absolute atomic E-state index is 13.2. The second-order valence-electron chi connectivity index (χ2n) is 11.2. The van der Waals surface area contributed by atoms with E-state index in [2.05, 4.69) is 25.1 Å². The summed E-state index contributed by atoms with van der Waals surface area (Å²) in [6.45, 7) is 3.75. The van der Waals surface area contributed by atoms with Crippen molar-refractivity contribution < 1.29 is 27.8 Å². The Balaban J connectivity index is 1.33. The molecule has 0 bridgehead atoms. The zero-order chi connectivity index (χ0) is 26.6. The maximum Gasteiger partial charge on any atom is 0.416 e. The number of ketones is 1. The quantitative estimate of drug-likeness (QED) is 0.344. The van der Waals surface area contributed by atoms with Crippen LogP contribution in [0, 0.1) is 17.3 Å². The van der Waals surface area contributed by atoms with Gasteiger partial charge in [-0.1, -0.05) is 37.3 Å². The number of halogens is 3. The summed E-state index contributed by atoms with van der Waals surface area (Å²) in [5.41, 5.74) is 1.36. The Hall–Kier alpha value is -2.86. The molecule has 1 fully saturated rings. The zero-order valence-corrected chi connectivity index (χ0v) is 21.4. The Morgan fingerprint density at radius 1 is 1.14 bits per heavy atom. The van der Waals surface area contributed by atoms with Gasteiger partial charge in [0, 0.05) is 0 Å². The summed E-state index contributed by atoms with van der Waals surface area (Å²) >= 11 is 0. The monoisotopic (exact) mass is 510 g/mol. The molecule has 0 unspecified atom stereocenters. The second kappa shape index (κ2) is 9.16. The van der Waals surface area contributed by atoms with Crippen LogP contribution in [0.1, 0.15) is 67.7 Å². The molecule has 0 aromatic heterocycles. The Morgan fingerprint density at radius 2 is 1.86 bits per heavy atom. The molecule has 3 aliphatic carbocycles. The third-order valence-corrected chi connectivity index (χ3v) is 9.18. The van der Waals surface area contributed by atoms with Crippen molar-refractivity contribution in [3.8, 4) is 5.75 Å². The van der Waals surface area contributed by atoms with Crippen LogP contribution < -0.4 is 4.74 Å². The number of aliphatic hydroxyl groups is 1. The van der Waals surface area contributed by atoms with E-state index in [0.29, 0.717) is 23.3 Å². The highest BCUT2D eigenvalue weighted by Gasteiger charge is 2.56. The van der Waals surface area contributed by atoms with Crippen molar-refractivity contribution in [1.29, 1.82) is 0 Å². The van der Waals surface area contributed by atoms with Crippen LogP contribution in [-0.2, 0) is 17.4 Å². The normalized spacial score (nSPS) is 28.6. The molecule has 37 heavy (non-hydrogen) atoms. The van der Waals surface area contributed by atoms with E-state index < -0.39 is 23.1 Å². The zero-order valence-electron chi connectivity index (χ0n) is 21.4. The summed E-state index contributed by atoms with van der Waals surface area (Å²) in [5, 5.41) is 11.5. The van der Waals surface area contributed by atoms with Gasteiger partial charge in [-0.15, -0.1) is 0 Å². The van der Waals surface area contributed by atoms with Crippen molar-refractivity contribution in [1.82, 2.24) is 0 Å². The Kier molecular flexibility index (Phi) is 6.38. The summed E-state index contributed by atoms with van der Waals surface area (Å²) in [6.07, 6.45) is 5.23. The van der Waals surface area contributed by atoms with Crippen LogP contribution in [0.3, 0.4) is 0 Å². The average Bonchev–Trinajstić information content (AvgIpc) is 3.24. The van der Waals surface area contributed by atoms with Gasteiger partial charge in [0.15, 0.2) is 5.78 Å². The van der Waals surface area contributed by atoms with E-state index in [4.69, 9.17) is 4.74 Å². The first-order valence-electron chi connectivity index (χ1n) is 12.9. The minimum atomic E-state index is -4.41. The molecule has 0 amide bonds. The molecule has 3 nitrogen and oxygen atoms in total. The van der Waals surface area contributed by atoms with Gasteiger partial charge in [-0.2, -0.15) is 13.2 Å². The number of fused-ring (bicyclic) bond motifs is 5. The smallest absolute Gasteiger partial charge is 0.416 e. The third-order valence-electron chi connectivity index (χ3n) is 9.18. The summed E-state index contributed by atoms with van der Waals surface area (Å²) in [4.78, 5) is 13.2. The first-order valence-corrected chi connectivity index (χ1v) is 12.9. The Morgan fingerprint density at radius 3 is 2.54 bits per heavy atom. The van der Waals surface area contributed by atoms with Crippen LogP contribution in [0.15, 0.2) is 60.2 Å². The summed E-state index contributed by atoms with van der Waals surface area (Å²) in [5.74, 6) is 1.75. The number of alkyl halides is 3. The number of aryl methyl sites for hydroxylation is 1. The van der Waals surface area contributed by atoms with Gasteiger partial charge in [0.25, 0.3) is 0 Å². The molecule has 196 valence electrons. The number of hydrogen-bond acceptors (Lipinski definition) is 3. The van der Waals surface area contributed by atoms with Gasteiger partial charge >= 0.3 is 6.18 Å². The largest absolute Gasteiger partial charge is 0.497 e. The van der Waals surface area contributed by atoms with Gasteiger partial charge < -0.3 is 9.84 Å². The fraction of sp³-hybridized carbons (Fsp3) is 0.452. The van der Waals surface area contributed by atoms with Gasteiger partial charge in [0.1, 0.15) is 11.4 Å². The SMILES string of the molecule is COc1ccc2c(c1)CC[C@@H]1[C@@H]2CC[C@]2(C)C([C@](C)(O)C(=O)/C=C/c3ccc(C(F)(F)F)cc3)=CC[C@@H]12. The molecule has 0 heterocycles. The second-order valence-corrected chi connectivity index (χ2v) is 11.2. The lowest BCUT2D eigenvalue weighted by Crippen LogP contribution is -2.47. The van der Waals surface area contributed by atoms with E-state index in [1.54, 1.807) is 14.0 Å².